The maximum absolute atomic E-state index is 13.3. The predicted octanol–water partition coefficient (Wildman–Crippen LogP) is 4.56. The number of hydrogen-bond acceptors (Lipinski definition) is 4. The molecule has 4 heterocycles. The lowest BCUT2D eigenvalue weighted by atomic mass is 9.82. The van der Waals surface area contributed by atoms with E-state index in [4.69, 9.17) is 0 Å². The van der Waals surface area contributed by atoms with Crippen LogP contribution in [-0.2, 0) is 6.54 Å². The highest BCUT2D eigenvalue weighted by Gasteiger charge is 2.37. The highest BCUT2D eigenvalue weighted by molar-refractivity contribution is 7.98. The molecule has 2 bridgehead atoms. The number of carbonyl (C=O) groups is 1. The van der Waals surface area contributed by atoms with Crippen molar-refractivity contribution in [3.05, 3.63) is 74.8 Å². The molecule has 4 nitrogen and oxygen atoms in total. The first-order valence-corrected chi connectivity index (χ1v) is 12.0. The van der Waals surface area contributed by atoms with Crippen LogP contribution in [0.15, 0.2) is 63.6 Å². The minimum absolute atomic E-state index is 0.0899. The number of likely N-dealkylation sites (tertiary alicyclic amines) is 1. The van der Waals surface area contributed by atoms with Gasteiger partial charge in [0.15, 0.2) is 0 Å². The van der Waals surface area contributed by atoms with Crippen LogP contribution >= 0.6 is 23.1 Å². The monoisotopic (exact) mass is 422 g/mol. The number of hydrogen-bond donors (Lipinski definition) is 0. The molecule has 3 aromatic rings. The van der Waals surface area contributed by atoms with Gasteiger partial charge in [-0.05, 0) is 59.9 Å². The fourth-order valence-corrected chi connectivity index (χ4v) is 5.76. The Kier molecular flexibility index (Phi) is 4.84. The molecule has 148 valence electrons. The molecule has 0 radical (unpaired) electrons. The van der Waals surface area contributed by atoms with Gasteiger partial charge in [0.1, 0.15) is 0 Å². The first-order valence-electron chi connectivity index (χ1n) is 9.85. The second kappa shape index (κ2) is 7.50. The quantitative estimate of drug-likeness (QED) is 0.581. The molecule has 1 aromatic carbocycles. The van der Waals surface area contributed by atoms with Gasteiger partial charge in [-0.3, -0.25) is 9.59 Å². The second-order valence-corrected chi connectivity index (χ2v) is 9.63. The number of amides is 1. The van der Waals surface area contributed by atoms with Crippen molar-refractivity contribution in [1.29, 1.82) is 0 Å². The van der Waals surface area contributed by atoms with Crippen molar-refractivity contribution in [2.75, 3.05) is 19.3 Å². The molecule has 6 heteroatoms. The van der Waals surface area contributed by atoms with Crippen molar-refractivity contribution in [2.45, 2.75) is 23.8 Å². The van der Waals surface area contributed by atoms with Gasteiger partial charge in [0, 0.05) is 41.7 Å². The van der Waals surface area contributed by atoms with E-state index < -0.39 is 0 Å². The van der Waals surface area contributed by atoms with Gasteiger partial charge in [0.25, 0.3) is 11.5 Å². The third kappa shape index (κ3) is 3.34. The molecule has 0 aliphatic carbocycles. The van der Waals surface area contributed by atoms with E-state index in [0.29, 0.717) is 19.0 Å². The number of nitrogens with zero attached hydrogens (tertiary/aromatic N) is 2. The zero-order valence-electron chi connectivity index (χ0n) is 16.2. The van der Waals surface area contributed by atoms with Crippen molar-refractivity contribution in [2.24, 2.45) is 5.92 Å². The summed E-state index contributed by atoms with van der Waals surface area (Å²) >= 11 is 3.19. The molecule has 2 aliphatic rings. The van der Waals surface area contributed by atoms with Crippen molar-refractivity contribution >= 4 is 29.0 Å². The fourth-order valence-electron chi connectivity index (χ4n) is 4.66. The predicted molar refractivity (Wildman–Crippen MR) is 119 cm³/mol. The Labute approximate surface area is 178 Å². The summed E-state index contributed by atoms with van der Waals surface area (Å²) in [6, 6.07) is 16.1. The summed E-state index contributed by atoms with van der Waals surface area (Å²) in [4.78, 5) is 30.1. The summed E-state index contributed by atoms with van der Waals surface area (Å²) in [6.45, 7) is 2.11. The summed E-state index contributed by atoms with van der Waals surface area (Å²) in [5, 5.41) is 1.94. The molecule has 0 saturated carbocycles. The molecular formula is C23H22N2O2S2. The van der Waals surface area contributed by atoms with Crippen LogP contribution in [0, 0.1) is 5.92 Å². The molecule has 1 fully saturated rings. The van der Waals surface area contributed by atoms with E-state index in [1.54, 1.807) is 11.8 Å². The first kappa shape index (κ1) is 18.7. The maximum Gasteiger partial charge on any atom is 0.263 e. The van der Waals surface area contributed by atoms with E-state index in [9.17, 15) is 9.59 Å². The van der Waals surface area contributed by atoms with E-state index in [2.05, 4.69) is 18.2 Å². The lowest BCUT2D eigenvalue weighted by Crippen LogP contribution is -2.49. The van der Waals surface area contributed by atoms with Crippen LogP contribution in [0.25, 0.3) is 11.1 Å². The van der Waals surface area contributed by atoms with Gasteiger partial charge in [-0.15, -0.1) is 23.1 Å². The molecular weight excluding hydrogens is 400 g/mol. The fraction of sp³-hybridized carbons (Fsp3) is 0.304. The Bertz CT molecular complexity index is 1100. The Morgan fingerprint density at radius 3 is 2.62 bits per heavy atom. The molecule has 2 aromatic heterocycles. The molecule has 2 atom stereocenters. The number of pyridine rings is 1. The number of thiophene rings is 1. The Hall–Kier alpha value is -2.31. The van der Waals surface area contributed by atoms with Crippen molar-refractivity contribution in [1.82, 2.24) is 9.47 Å². The summed E-state index contributed by atoms with van der Waals surface area (Å²) in [7, 11) is 0. The number of aromatic nitrogens is 1. The van der Waals surface area contributed by atoms with Gasteiger partial charge < -0.3 is 9.47 Å². The number of rotatable bonds is 3. The van der Waals surface area contributed by atoms with Crippen LogP contribution in [0.1, 0.15) is 27.7 Å². The Balaban J connectivity index is 1.46. The molecule has 2 aliphatic heterocycles. The SMILES string of the molecule is CSc1ccc(-c2ccc3n(c2=O)CC2CC3CN(C(=O)c3cccs3)C2)cc1. The number of carbonyl (C=O) groups excluding carboxylic acids is 1. The second-order valence-electron chi connectivity index (χ2n) is 7.80. The van der Waals surface area contributed by atoms with Gasteiger partial charge >= 0.3 is 0 Å². The molecule has 1 amide bonds. The zero-order chi connectivity index (χ0) is 20.0. The molecule has 0 N–H and O–H groups in total. The van der Waals surface area contributed by atoms with E-state index in [1.165, 1.54) is 16.2 Å². The number of benzene rings is 1. The number of piperidine rings is 1. The molecule has 29 heavy (non-hydrogen) atoms. The van der Waals surface area contributed by atoms with Crippen LogP contribution < -0.4 is 5.56 Å². The van der Waals surface area contributed by atoms with Gasteiger partial charge in [-0.2, -0.15) is 0 Å². The number of fused-ring (bicyclic) bond motifs is 4. The minimum Gasteiger partial charge on any atom is -0.337 e. The van der Waals surface area contributed by atoms with Gasteiger partial charge in [0.2, 0.25) is 0 Å². The van der Waals surface area contributed by atoms with E-state index >= 15 is 0 Å². The normalized spacial score (nSPS) is 20.4. The van der Waals surface area contributed by atoms with Gasteiger partial charge in [-0.25, -0.2) is 0 Å². The molecule has 0 spiro atoms. The first-order chi connectivity index (χ1) is 14.1. The van der Waals surface area contributed by atoms with E-state index in [1.807, 2.05) is 51.4 Å². The summed E-state index contributed by atoms with van der Waals surface area (Å²) in [5.74, 6) is 0.681. The highest BCUT2D eigenvalue weighted by atomic mass is 32.2. The average Bonchev–Trinajstić information content (AvgIpc) is 3.29. The third-order valence-corrected chi connectivity index (χ3v) is 7.63. The van der Waals surface area contributed by atoms with Crippen LogP contribution in [0.5, 0.6) is 0 Å². The Morgan fingerprint density at radius 1 is 1.07 bits per heavy atom. The van der Waals surface area contributed by atoms with Crippen LogP contribution in [0.4, 0.5) is 0 Å². The third-order valence-electron chi connectivity index (χ3n) is 6.02. The summed E-state index contributed by atoms with van der Waals surface area (Å²) in [6.07, 6.45) is 3.10. The topological polar surface area (TPSA) is 42.3 Å². The van der Waals surface area contributed by atoms with Crippen LogP contribution in [0.3, 0.4) is 0 Å². The summed E-state index contributed by atoms with van der Waals surface area (Å²) < 4.78 is 1.96. The Morgan fingerprint density at radius 2 is 1.90 bits per heavy atom. The lowest BCUT2D eigenvalue weighted by molar-refractivity contribution is 0.0599. The van der Waals surface area contributed by atoms with Gasteiger partial charge in [0.05, 0.1) is 4.88 Å². The number of thioether (sulfide) groups is 1. The molecule has 1 saturated heterocycles. The zero-order valence-corrected chi connectivity index (χ0v) is 17.8. The van der Waals surface area contributed by atoms with Gasteiger partial charge in [-0.1, -0.05) is 18.2 Å². The van der Waals surface area contributed by atoms with Crippen LogP contribution in [-0.4, -0.2) is 34.7 Å². The highest BCUT2D eigenvalue weighted by Crippen LogP contribution is 2.36. The summed E-state index contributed by atoms with van der Waals surface area (Å²) in [5.41, 5.74) is 2.88. The molecule has 5 rings (SSSR count). The van der Waals surface area contributed by atoms with Crippen LogP contribution in [0.2, 0.25) is 0 Å². The average molecular weight is 423 g/mol. The van der Waals surface area contributed by atoms with Crippen molar-refractivity contribution < 1.29 is 4.79 Å². The van der Waals surface area contributed by atoms with Crippen molar-refractivity contribution in [3.8, 4) is 11.1 Å². The van der Waals surface area contributed by atoms with Crippen molar-refractivity contribution in [3.63, 3.8) is 0 Å². The minimum atomic E-state index is 0.0899. The maximum atomic E-state index is 13.3. The smallest absolute Gasteiger partial charge is 0.263 e. The lowest BCUT2D eigenvalue weighted by Gasteiger charge is -2.42. The van der Waals surface area contributed by atoms with E-state index in [-0.39, 0.29) is 17.4 Å². The largest absolute Gasteiger partial charge is 0.337 e. The molecule has 2 unspecified atom stereocenters. The van der Waals surface area contributed by atoms with E-state index in [0.717, 1.165) is 34.7 Å². The standard InChI is InChI=1S/C23H22N2O2S2/c1-28-18-6-4-16(5-7-18)19-8-9-20-17-11-15(13-25(20)22(19)26)12-24(14-17)23(27)21-3-2-10-29-21/h2-10,15,17H,11-14H2,1H3.